The van der Waals surface area contributed by atoms with Crippen LogP contribution in [0.5, 0.6) is 0 Å². The number of para-hydroxylation sites is 1. The number of fused-ring (bicyclic) bond motifs is 1. The van der Waals surface area contributed by atoms with Gasteiger partial charge in [-0.15, -0.1) is 0 Å². The van der Waals surface area contributed by atoms with Crippen LogP contribution < -0.4 is 10.2 Å². The number of aryl methyl sites for hydroxylation is 1. The zero-order chi connectivity index (χ0) is 23.6. The molecule has 1 saturated heterocycles. The smallest absolute Gasteiger partial charge is 0.330 e. The number of rotatable bonds is 11. The van der Waals surface area contributed by atoms with Crippen LogP contribution in [0.3, 0.4) is 0 Å². The Kier molecular flexibility index (Phi) is 9.01. The van der Waals surface area contributed by atoms with Gasteiger partial charge in [-0.25, -0.2) is 9.78 Å². The number of aromatic nitrogens is 2. The zero-order valence-electron chi connectivity index (χ0n) is 18.9. The first-order valence-electron chi connectivity index (χ1n) is 11.3. The highest BCUT2D eigenvalue weighted by molar-refractivity contribution is 5.93. The molecular weight excluding hydrogens is 429 g/mol. The van der Waals surface area contributed by atoms with Gasteiger partial charge >= 0.3 is 11.9 Å². The SMILES string of the molecule is CCOC(=O)Cc1nc2c(N3CCNCC3C(=O)OCCCCF)cccc2n1CCC#N. The van der Waals surface area contributed by atoms with Crippen LogP contribution in [0.2, 0.25) is 0 Å². The zero-order valence-corrected chi connectivity index (χ0v) is 18.9. The first-order valence-corrected chi connectivity index (χ1v) is 11.3. The van der Waals surface area contributed by atoms with Crippen molar-refractivity contribution in [3.8, 4) is 6.07 Å². The molecule has 1 aromatic carbocycles. The Morgan fingerprint density at radius 3 is 2.94 bits per heavy atom. The number of carbonyl (C=O) groups excluding carboxylic acids is 2. The summed E-state index contributed by atoms with van der Waals surface area (Å²) in [7, 11) is 0. The summed E-state index contributed by atoms with van der Waals surface area (Å²) >= 11 is 0. The van der Waals surface area contributed by atoms with Crippen LogP contribution in [0.25, 0.3) is 11.0 Å². The number of anilines is 1. The average molecular weight is 460 g/mol. The lowest BCUT2D eigenvalue weighted by Crippen LogP contribution is -2.55. The molecule has 0 spiro atoms. The lowest BCUT2D eigenvalue weighted by Gasteiger charge is -2.36. The summed E-state index contributed by atoms with van der Waals surface area (Å²) in [5.74, 6) is -0.232. The number of nitrogens with zero attached hydrogens (tertiary/aromatic N) is 4. The molecule has 2 heterocycles. The number of imidazole rings is 1. The van der Waals surface area contributed by atoms with Crippen molar-refractivity contribution in [3.63, 3.8) is 0 Å². The van der Waals surface area contributed by atoms with E-state index in [0.29, 0.717) is 50.4 Å². The molecule has 1 aliphatic rings. The van der Waals surface area contributed by atoms with E-state index in [-0.39, 0.29) is 38.0 Å². The highest BCUT2D eigenvalue weighted by Crippen LogP contribution is 2.30. The molecule has 0 amide bonds. The minimum absolute atomic E-state index is 0.00497. The fraction of sp³-hybridized carbons (Fsp3) is 0.565. The monoisotopic (exact) mass is 459 g/mol. The molecule has 0 bridgehead atoms. The van der Waals surface area contributed by atoms with Gasteiger partial charge in [-0.3, -0.25) is 9.18 Å². The molecule has 1 aromatic heterocycles. The summed E-state index contributed by atoms with van der Waals surface area (Å²) in [6, 6.07) is 7.25. The Bertz CT molecular complexity index is 1000. The van der Waals surface area contributed by atoms with Crippen molar-refractivity contribution in [1.29, 1.82) is 5.26 Å². The predicted molar refractivity (Wildman–Crippen MR) is 120 cm³/mol. The maximum Gasteiger partial charge on any atom is 0.330 e. The van der Waals surface area contributed by atoms with E-state index < -0.39 is 12.7 Å². The lowest BCUT2D eigenvalue weighted by molar-refractivity contribution is -0.145. The van der Waals surface area contributed by atoms with E-state index in [1.54, 1.807) is 6.92 Å². The number of hydrogen-bond acceptors (Lipinski definition) is 8. The summed E-state index contributed by atoms with van der Waals surface area (Å²) in [6.07, 6.45) is 1.11. The number of nitrogens with one attached hydrogen (secondary N) is 1. The standard InChI is InChI=1S/C23H30FN5O4/c1-2-32-21(30)15-20-27-22-17(7-5-8-18(22)29(20)12-6-10-25)28-13-11-26-16-19(28)23(31)33-14-4-3-9-24/h5,7-8,19,26H,2-4,6,9,11-16H2,1H3. The number of benzene rings is 1. The van der Waals surface area contributed by atoms with Gasteiger partial charge in [0.25, 0.3) is 0 Å². The van der Waals surface area contributed by atoms with Crippen molar-refractivity contribution in [2.24, 2.45) is 0 Å². The molecule has 10 heteroatoms. The van der Waals surface area contributed by atoms with E-state index >= 15 is 0 Å². The fourth-order valence-corrected chi connectivity index (χ4v) is 3.97. The second kappa shape index (κ2) is 12.2. The van der Waals surface area contributed by atoms with E-state index in [1.165, 1.54) is 0 Å². The van der Waals surface area contributed by atoms with Crippen LogP contribution in [-0.4, -0.2) is 67.1 Å². The molecule has 0 aliphatic carbocycles. The van der Waals surface area contributed by atoms with Crippen LogP contribution in [-0.2, 0) is 32.0 Å². The number of carbonyl (C=O) groups is 2. The predicted octanol–water partition coefficient (Wildman–Crippen LogP) is 2.13. The van der Waals surface area contributed by atoms with Gasteiger partial charge in [0.05, 0.1) is 43.6 Å². The van der Waals surface area contributed by atoms with E-state index in [0.717, 1.165) is 11.2 Å². The van der Waals surface area contributed by atoms with E-state index in [4.69, 9.17) is 19.7 Å². The maximum absolute atomic E-state index is 12.8. The molecule has 1 unspecified atom stereocenters. The lowest BCUT2D eigenvalue weighted by atomic mass is 10.1. The van der Waals surface area contributed by atoms with Gasteiger partial charge in [0.2, 0.25) is 0 Å². The normalized spacial score (nSPS) is 15.9. The number of halogens is 1. The second-order valence-corrected chi connectivity index (χ2v) is 7.69. The maximum atomic E-state index is 12.8. The Morgan fingerprint density at radius 1 is 1.33 bits per heavy atom. The molecule has 1 aliphatic heterocycles. The van der Waals surface area contributed by atoms with Crippen molar-refractivity contribution >= 4 is 28.7 Å². The highest BCUT2D eigenvalue weighted by atomic mass is 19.1. The van der Waals surface area contributed by atoms with Gasteiger partial charge < -0.3 is 24.3 Å². The first-order chi connectivity index (χ1) is 16.1. The number of piperazine rings is 1. The number of unbranched alkanes of at least 4 members (excludes halogenated alkanes) is 1. The molecule has 0 saturated carbocycles. The molecule has 1 fully saturated rings. The minimum Gasteiger partial charge on any atom is -0.466 e. The first kappa shape index (κ1) is 24.5. The van der Waals surface area contributed by atoms with Crippen molar-refractivity contribution in [3.05, 3.63) is 24.0 Å². The van der Waals surface area contributed by atoms with Crippen molar-refractivity contribution in [2.45, 2.75) is 45.2 Å². The summed E-state index contributed by atoms with van der Waals surface area (Å²) in [5, 5.41) is 12.3. The summed E-state index contributed by atoms with van der Waals surface area (Å²) < 4.78 is 24.7. The Labute approximate surface area is 192 Å². The Hall–Kier alpha value is -3.19. The summed E-state index contributed by atoms with van der Waals surface area (Å²) in [6.45, 7) is 3.85. The number of esters is 2. The third-order valence-electron chi connectivity index (χ3n) is 5.49. The quantitative estimate of drug-likeness (QED) is 0.402. The number of nitriles is 1. The molecule has 9 nitrogen and oxygen atoms in total. The molecule has 1 atom stereocenters. The molecule has 178 valence electrons. The molecule has 3 rings (SSSR count). The second-order valence-electron chi connectivity index (χ2n) is 7.69. The van der Waals surface area contributed by atoms with Gasteiger partial charge in [0.15, 0.2) is 0 Å². The topological polar surface area (TPSA) is 109 Å². The molecule has 1 N–H and O–H groups in total. The highest BCUT2D eigenvalue weighted by Gasteiger charge is 2.32. The van der Waals surface area contributed by atoms with Crippen molar-refractivity contribution in [2.75, 3.05) is 44.4 Å². The van der Waals surface area contributed by atoms with E-state index in [9.17, 15) is 14.0 Å². The van der Waals surface area contributed by atoms with Crippen LogP contribution in [0.4, 0.5) is 10.1 Å². The van der Waals surface area contributed by atoms with Gasteiger partial charge in [0, 0.05) is 26.2 Å². The number of alkyl halides is 1. The molecule has 33 heavy (non-hydrogen) atoms. The molecule has 2 aromatic rings. The van der Waals surface area contributed by atoms with Gasteiger partial charge in [0.1, 0.15) is 23.8 Å². The van der Waals surface area contributed by atoms with Gasteiger partial charge in [-0.05, 0) is 31.9 Å². The van der Waals surface area contributed by atoms with Crippen LogP contribution in [0.1, 0.15) is 32.0 Å². The molecule has 0 radical (unpaired) electrons. The third-order valence-corrected chi connectivity index (χ3v) is 5.49. The number of ether oxygens (including phenoxy) is 2. The van der Waals surface area contributed by atoms with Gasteiger partial charge in [-0.1, -0.05) is 6.07 Å². The summed E-state index contributed by atoms with van der Waals surface area (Å²) in [4.78, 5) is 31.6. The fourth-order valence-electron chi connectivity index (χ4n) is 3.97. The molecular formula is C23H30FN5O4. The van der Waals surface area contributed by atoms with E-state index in [1.807, 2.05) is 27.7 Å². The van der Waals surface area contributed by atoms with Crippen LogP contribution in [0, 0.1) is 11.3 Å². The Balaban J connectivity index is 1.93. The van der Waals surface area contributed by atoms with Gasteiger partial charge in [-0.2, -0.15) is 5.26 Å². The van der Waals surface area contributed by atoms with Crippen LogP contribution in [0.15, 0.2) is 18.2 Å². The minimum atomic E-state index is -0.549. The average Bonchev–Trinajstić information content (AvgIpc) is 3.17. The third kappa shape index (κ3) is 5.99. The number of hydrogen-bond donors (Lipinski definition) is 1. The van der Waals surface area contributed by atoms with Crippen molar-refractivity contribution in [1.82, 2.24) is 14.9 Å². The van der Waals surface area contributed by atoms with E-state index in [2.05, 4.69) is 11.4 Å². The largest absolute Gasteiger partial charge is 0.466 e. The van der Waals surface area contributed by atoms with Crippen LogP contribution >= 0.6 is 0 Å². The Morgan fingerprint density at radius 2 is 2.18 bits per heavy atom. The van der Waals surface area contributed by atoms with Crippen molar-refractivity contribution < 1.29 is 23.5 Å². The summed E-state index contributed by atoms with van der Waals surface area (Å²) in [5.41, 5.74) is 2.21.